The molecule has 5 rings (SSSR count). The molecule has 0 aliphatic heterocycles. The molecule has 0 unspecified atom stereocenters. The van der Waals surface area contributed by atoms with Gasteiger partial charge in [0, 0.05) is 33.4 Å². The molecule has 0 spiro atoms. The molecule has 2 aromatic heterocycles. The lowest BCUT2D eigenvalue weighted by Gasteiger charge is -2.21. The highest BCUT2D eigenvalue weighted by molar-refractivity contribution is 9.10. The molecule has 8 heteroatoms. The van der Waals surface area contributed by atoms with Gasteiger partial charge in [-0.25, -0.2) is 17.7 Å². The number of nitrogens with zero attached hydrogens (tertiary/aromatic N) is 3. The van der Waals surface area contributed by atoms with Crippen LogP contribution in [0.1, 0.15) is 62.0 Å². The summed E-state index contributed by atoms with van der Waals surface area (Å²) in [4.78, 5) is 17.4. The van der Waals surface area contributed by atoms with E-state index in [4.69, 9.17) is 4.98 Å². The molecule has 0 saturated heterocycles. The molecule has 6 nitrogen and oxygen atoms in total. The lowest BCUT2D eigenvalue weighted by molar-refractivity contribution is -0.106. The topological polar surface area (TPSA) is 72.3 Å². The number of unbranched alkanes of at least 4 members (excludes halogenated alkanes) is 2. The third kappa shape index (κ3) is 6.52. The molecule has 0 atom stereocenters. The average molecular weight is 673 g/mol. The molecule has 0 aliphatic carbocycles. The largest absolute Gasteiger partial charge is 0.325 e. The van der Waals surface area contributed by atoms with Crippen LogP contribution in [0.3, 0.4) is 0 Å². The summed E-state index contributed by atoms with van der Waals surface area (Å²) in [6.45, 7) is 7.28. The van der Waals surface area contributed by atoms with E-state index in [1.54, 1.807) is 30.3 Å². The summed E-state index contributed by atoms with van der Waals surface area (Å²) in [5, 5.41) is 1.21. The number of amides is 1. The van der Waals surface area contributed by atoms with Crippen LogP contribution in [0.15, 0.2) is 94.3 Å². The quantitative estimate of drug-likeness (QED) is 0.117. The first-order valence-corrected chi connectivity index (χ1v) is 17.4. The van der Waals surface area contributed by atoms with Crippen molar-refractivity contribution in [1.82, 2.24) is 9.55 Å². The van der Waals surface area contributed by atoms with Crippen molar-refractivity contribution in [2.75, 3.05) is 4.31 Å². The fourth-order valence-electron chi connectivity index (χ4n) is 5.61. The first kappa shape index (κ1) is 31.7. The Hall–Kier alpha value is -3.75. The fraction of sp³-hybridized carbons (Fsp3) is 0.278. The van der Waals surface area contributed by atoms with Crippen LogP contribution >= 0.6 is 15.9 Å². The van der Waals surface area contributed by atoms with Gasteiger partial charge in [0.1, 0.15) is 10.5 Å². The van der Waals surface area contributed by atoms with E-state index in [1.807, 2.05) is 24.3 Å². The van der Waals surface area contributed by atoms with E-state index < -0.39 is 10.0 Å². The van der Waals surface area contributed by atoms with E-state index in [0.29, 0.717) is 28.7 Å². The Labute approximate surface area is 268 Å². The molecule has 5 aromatic rings. The van der Waals surface area contributed by atoms with Gasteiger partial charge in [-0.3, -0.25) is 4.79 Å². The van der Waals surface area contributed by atoms with Gasteiger partial charge in [0.25, 0.3) is 10.0 Å². The maximum atomic E-state index is 13.6. The van der Waals surface area contributed by atoms with Gasteiger partial charge in [0.2, 0.25) is 6.41 Å². The molecule has 2 heterocycles. The van der Waals surface area contributed by atoms with Crippen LogP contribution < -0.4 is 4.31 Å². The maximum Gasteiger partial charge on any atom is 0.271 e. The SMILES string of the molecule is CCCCc1cc(C)c2cc(CCCC)n(Cc3ccc(-c4ccccc4N(C=O)S(=O)(=O)c4ccccc4Br)cc3)c2n1. The number of carbonyl (C=O) groups excluding carboxylic acids is 1. The van der Waals surface area contributed by atoms with E-state index in [2.05, 4.69) is 65.5 Å². The van der Waals surface area contributed by atoms with Gasteiger partial charge in [-0.1, -0.05) is 81.3 Å². The number of aromatic nitrogens is 2. The molecule has 0 saturated carbocycles. The Kier molecular flexibility index (Phi) is 10.0. The lowest BCUT2D eigenvalue weighted by Crippen LogP contribution is -2.30. The molecule has 0 N–H and O–H groups in total. The molecule has 0 radical (unpaired) electrons. The van der Waals surface area contributed by atoms with Crippen molar-refractivity contribution in [2.45, 2.75) is 70.7 Å². The fourth-order valence-corrected chi connectivity index (χ4v) is 7.82. The molecule has 0 bridgehead atoms. The number of fused-ring (bicyclic) bond motifs is 1. The number of aryl methyl sites for hydroxylation is 3. The normalized spacial score (nSPS) is 11.6. The second-order valence-electron chi connectivity index (χ2n) is 11.1. The third-order valence-electron chi connectivity index (χ3n) is 8.00. The zero-order valence-corrected chi connectivity index (χ0v) is 27.9. The Bertz CT molecular complexity index is 1880. The molecular formula is C36H38BrN3O3S. The van der Waals surface area contributed by atoms with Crippen molar-refractivity contribution >= 4 is 49.1 Å². The van der Waals surface area contributed by atoms with Gasteiger partial charge in [-0.15, -0.1) is 0 Å². The van der Waals surface area contributed by atoms with Crippen LogP contribution in [0.4, 0.5) is 5.69 Å². The number of pyridine rings is 1. The van der Waals surface area contributed by atoms with Crippen LogP contribution in [-0.2, 0) is 34.2 Å². The summed E-state index contributed by atoms with van der Waals surface area (Å²) < 4.78 is 30.7. The van der Waals surface area contributed by atoms with Crippen LogP contribution in [0.2, 0.25) is 0 Å². The second-order valence-corrected chi connectivity index (χ2v) is 13.8. The number of hydrogen-bond donors (Lipinski definition) is 0. The summed E-state index contributed by atoms with van der Waals surface area (Å²) in [6.07, 6.45) is 6.83. The van der Waals surface area contributed by atoms with Gasteiger partial charge < -0.3 is 4.57 Å². The maximum absolute atomic E-state index is 13.6. The summed E-state index contributed by atoms with van der Waals surface area (Å²) in [5.41, 5.74) is 7.61. The van der Waals surface area contributed by atoms with Crippen molar-refractivity contribution in [3.8, 4) is 11.1 Å². The average Bonchev–Trinajstić information content (AvgIpc) is 3.37. The second kappa shape index (κ2) is 13.9. The zero-order valence-electron chi connectivity index (χ0n) is 25.5. The van der Waals surface area contributed by atoms with Crippen molar-refractivity contribution < 1.29 is 13.2 Å². The molecule has 1 amide bonds. The highest BCUT2D eigenvalue weighted by atomic mass is 79.9. The minimum absolute atomic E-state index is 0.0248. The van der Waals surface area contributed by atoms with E-state index in [0.717, 1.165) is 65.3 Å². The molecule has 0 aliphatic rings. The Morgan fingerprint density at radius 3 is 2.27 bits per heavy atom. The number of halogens is 1. The van der Waals surface area contributed by atoms with Crippen LogP contribution in [0.25, 0.3) is 22.2 Å². The summed E-state index contributed by atoms with van der Waals surface area (Å²) in [5.74, 6) is 0. The zero-order chi connectivity index (χ0) is 31.3. The predicted octanol–water partition coefficient (Wildman–Crippen LogP) is 8.86. The van der Waals surface area contributed by atoms with Gasteiger partial charge in [-0.2, -0.15) is 0 Å². The van der Waals surface area contributed by atoms with E-state index in [9.17, 15) is 13.2 Å². The van der Waals surface area contributed by atoms with E-state index in [1.165, 1.54) is 22.7 Å². The van der Waals surface area contributed by atoms with Crippen molar-refractivity contribution in [1.29, 1.82) is 0 Å². The van der Waals surface area contributed by atoms with Crippen molar-refractivity contribution in [3.63, 3.8) is 0 Å². The number of carbonyl (C=O) groups is 1. The summed E-state index contributed by atoms with van der Waals surface area (Å²) in [7, 11) is -4.15. The lowest BCUT2D eigenvalue weighted by atomic mass is 10.0. The highest BCUT2D eigenvalue weighted by Gasteiger charge is 2.28. The third-order valence-corrected chi connectivity index (χ3v) is 10.7. The molecular weight excluding hydrogens is 634 g/mol. The van der Waals surface area contributed by atoms with Gasteiger partial charge >= 0.3 is 0 Å². The van der Waals surface area contributed by atoms with Gasteiger partial charge in [-0.05, 0) is 95.6 Å². The smallest absolute Gasteiger partial charge is 0.271 e. The Balaban J connectivity index is 1.50. The van der Waals surface area contributed by atoms with E-state index in [-0.39, 0.29) is 4.90 Å². The molecule has 44 heavy (non-hydrogen) atoms. The number of hydrogen-bond acceptors (Lipinski definition) is 4. The van der Waals surface area contributed by atoms with Gasteiger partial charge in [0.15, 0.2) is 0 Å². The first-order chi connectivity index (χ1) is 21.3. The molecule has 228 valence electrons. The number of anilines is 1. The van der Waals surface area contributed by atoms with Crippen LogP contribution in [0, 0.1) is 6.92 Å². The predicted molar refractivity (Wildman–Crippen MR) is 183 cm³/mol. The Morgan fingerprint density at radius 2 is 1.57 bits per heavy atom. The van der Waals surface area contributed by atoms with Crippen molar-refractivity contribution in [2.24, 2.45) is 0 Å². The summed E-state index contributed by atoms with van der Waals surface area (Å²) >= 11 is 3.32. The minimum atomic E-state index is -4.15. The number of rotatable bonds is 13. The molecule has 3 aromatic carbocycles. The number of sulfonamides is 1. The van der Waals surface area contributed by atoms with Crippen LogP contribution in [-0.4, -0.2) is 24.4 Å². The monoisotopic (exact) mass is 671 g/mol. The standard InChI is InChI=1S/C36H38BrN3O3S/c1-4-6-12-29-22-26(3)32-23-30(13-7-5-2)39(36(32)38-29)24-27-18-20-28(21-19-27)31-14-8-10-16-34(31)40(25-41)44(42,43)35-17-11-9-15-33(35)37/h8-11,14-23,25H,4-7,12-13,24H2,1-3H3. The number of benzene rings is 3. The highest BCUT2D eigenvalue weighted by Crippen LogP contribution is 2.35. The summed E-state index contributed by atoms with van der Waals surface area (Å²) in [6, 6.07) is 26.2. The minimum Gasteiger partial charge on any atom is -0.325 e. The first-order valence-electron chi connectivity index (χ1n) is 15.2. The Morgan fingerprint density at radius 1 is 0.886 bits per heavy atom. The molecule has 0 fully saturated rings. The van der Waals surface area contributed by atoms with E-state index >= 15 is 0 Å². The van der Waals surface area contributed by atoms with Crippen LogP contribution in [0.5, 0.6) is 0 Å². The van der Waals surface area contributed by atoms with Crippen molar-refractivity contribution in [3.05, 3.63) is 112 Å². The van der Waals surface area contributed by atoms with Gasteiger partial charge in [0.05, 0.1) is 5.69 Å². The number of para-hydroxylation sites is 1.